The molecule has 0 bridgehead atoms. The fourth-order valence-corrected chi connectivity index (χ4v) is 2.82. The van der Waals surface area contributed by atoms with E-state index in [0.717, 1.165) is 6.42 Å². The molecule has 1 heterocycles. The average Bonchev–Trinajstić information content (AvgIpc) is 2.98. The Morgan fingerprint density at radius 3 is 2.59 bits per heavy atom. The Balaban J connectivity index is 2.16. The number of aromatic hydroxyl groups is 1. The summed E-state index contributed by atoms with van der Waals surface area (Å²) in [6, 6.07) is 8.52. The number of non-ortho nitro benzene ring substituents is 1. The Bertz CT molecular complexity index is 1010. The van der Waals surface area contributed by atoms with Crippen LogP contribution >= 0.6 is 0 Å². The maximum absolute atomic E-state index is 12.5. The molecule has 140 valence electrons. The van der Waals surface area contributed by atoms with Crippen LogP contribution in [0, 0.1) is 10.1 Å². The van der Waals surface area contributed by atoms with Crippen LogP contribution in [0.15, 0.2) is 40.8 Å². The van der Waals surface area contributed by atoms with Crippen molar-refractivity contribution in [1.82, 2.24) is 0 Å². The molecule has 0 aliphatic rings. The quantitative estimate of drug-likeness (QED) is 0.287. The van der Waals surface area contributed by atoms with Gasteiger partial charge in [0.25, 0.3) is 5.69 Å². The molecule has 0 spiro atoms. The minimum Gasteiger partial charge on any atom is -0.507 e. The molecule has 0 unspecified atom stereocenters. The van der Waals surface area contributed by atoms with E-state index >= 15 is 0 Å². The summed E-state index contributed by atoms with van der Waals surface area (Å²) in [6.07, 6.45) is 1.58. The van der Waals surface area contributed by atoms with Gasteiger partial charge in [0.15, 0.2) is 0 Å². The largest absolute Gasteiger partial charge is 0.507 e. The van der Waals surface area contributed by atoms with Crippen LogP contribution < -0.4 is 5.73 Å². The van der Waals surface area contributed by atoms with E-state index in [1.807, 2.05) is 6.92 Å². The third kappa shape index (κ3) is 3.41. The lowest BCUT2D eigenvalue weighted by Gasteiger charge is -2.08. The van der Waals surface area contributed by atoms with Crippen LogP contribution in [0.1, 0.15) is 30.1 Å². The molecule has 0 aliphatic heterocycles. The van der Waals surface area contributed by atoms with E-state index in [2.05, 4.69) is 0 Å². The van der Waals surface area contributed by atoms with Gasteiger partial charge in [-0.1, -0.05) is 13.3 Å². The number of phenols is 1. The topological polar surface area (TPSA) is 129 Å². The van der Waals surface area contributed by atoms with Gasteiger partial charge in [0.2, 0.25) is 5.88 Å². The van der Waals surface area contributed by atoms with Crippen LogP contribution in [0.4, 0.5) is 11.6 Å². The van der Waals surface area contributed by atoms with Gasteiger partial charge in [-0.05, 0) is 36.2 Å². The summed E-state index contributed by atoms with van der Waals surface area (Å²) in [5, 5.41) is 21.6. The maximum Gasteiger partial charge on any atom is 0.344 e. The van der Waals surface area contributed by atoms with Crippen LogP contribution in [0.5, 0.6) is 5.75 Å². The first-order valence-electron chi connectivity index (χ1n) is 8.40. The Morgan fingerprint density at radius 2 is 1.96 bits per heavy atom. The Morgan fingerprint density at radius 1 is 1.26 bits per heavy atom. The second-order valence-corrected chi connectivity index (χ2v) is 5.97. The molecule has 3 rings (SSSR count). The number of nitro groups is 1. The standard InChI is InChI=1S/C19H18N2O6/c1-2-3-10-26-19(23)17-16-14(27-18(17)20)9-8-13(22)15(16)11-4-6-12(7-5-11)21(24)25/h4-9,22H,2-3,10,20H2,1H3. The number of carbonyl (C=O) groups is 1. The minimum atomic E-state index is -0.645. The Labute approximate surface area is 154 Å². The first-order chi connectivity index (χ1) is 12.9. The number of carbonyl (C=O) groups excluding carboxylic acids is 1. The van der Waals surface area contributed by atoms with Crippen LogP contribution in [0.25, 0.3) is 22.1 Å². The number of phenolic OH excluding ortho intramolecular Hbond substituents is 1. The second kappa shape index (κ2) is 7.36. The number of anilines is 1. The molecule has 1 aromatic heterocycles. The van der Waals surface area contributed by atoms with Gasteiger partial charge in [0.05, 0.1) is 11.5 Å². The van der Waals surface area contributed by atoms with Crippen molar-refractivity contribution in [3.05, 3.63) is 52.1 Å². The number of ether oxygens (including phenoxy) is 1. The summed E-state index contributed by atoms with van der Waals surface area (Å²) in [5.74, 6) is -0.867. The normalized spacial score (nSPS) is 10.9. The zero-order valence-electron chi connectivity index (χ0n) is 14.6. The van der Waals surface area contributed by atoms with Gasteiger partial charge >= 0.3 is 5.97 Å². The lowest BCUT2D eigenvalue weighted by molar-refractivity contribution is -0.384. The van der Waals surface area contributed by atoms with Crippen molar-refractivity contribution in [1.29, 1.82) is 0 Å². The van der Waals surface area contributed by atoms with Gasteiger partial charge in [-0.15, -0.1) is 0 Å². The number of hydrogen-bond acceptors (Lipinski definition) is 7. The van der Waals surface area contributed by atoms with Crippen molar-refractivity contribution in [3.63, 3.8) is 0 Å². The highest BCUT2D eigenvalue weighted by molar-refractivity contribution is 6.14. The van der Waals surface area contributed by atoms with E-state index in [9.17, 15) is 20.0 Å². The SMILES string of the molecule is CCCCOC(=O)c1c(N)oc2ccc(O)c(-c3ccc([N+](=O)[O-])cc3)c12. The summed E-state index contributed by atoms with van der Waals surface area (Å²) in [5.41, 5.74) is 6.91. The van der Waals surface area contributed by atoms with Crippen molar-refractivity contribution in [3.8, 4) is 16.9 Å². The average molecular weight is 370 g/mol. The fraction of sp³-hybridized carbons (Fsp3) is 0.211. The van der Waals surface area contributed by atoms with Crippen molar-refractivity contribution in [2.24, 2.45) is 0 Å². The molecule has 0 saturated heterocycles. The molecule has 0 fully saturated rings. The molecule has 0 saturated carbocycles. The first-order valence-corrected chi connectivity index (χ1v) is 8.40. The van der Waals surface area contributed by atoms with Gasteiger partial charge in [-0.25, -0.2) is 4.79 Å². The fourth-order valence-electron chi connectivity index (χ4n) is 2.82. The Kier molecular flexibility index (Phi) is 4.98. The third-order valence-corrected chi connectivity index (χ3v) is 4.16. The number of nitro benzene ring substituents is 1. The summed E-state index contributed by atoms with van der Waals surface area (Å²) in [7, 11) is 0. The number of nitrogens with zero attached hydrogens (tertiary/aromatic N) is 1. The number of esters is 1. The summed E-state index contributed by atoms with van der Waals surface area (Å²) >= 11 is 0. The smallest absolute Gasteiger partial charge is 0.344 e. The highest BCUT2D eigenvalue weighted by Gasteiger charge is 2.25. The molecule has 27 heavy (non-hydrogen) atoms. The summed E-state index contributed by atoms with van der Waals surface area (Å²) < 4.78 is 10.7. The van der Waals surface area contributed by atoms with E-state index in [0.29, 0.717) is 28.5 Å². The number of furan rings is 1. The van der Waals surface area contributed by atoms with Crippen molar-refractivity contribution >= 4 is 28.5 Å². The predicted octanol–water partition coefficient (Wildman–Crippen LogP) is 4.25. The van der Waals surface area contributed by atoms with Gasteiger partial charge in [-0.2, -0.15) is 0 Å². The van der Waals surface area contributed by atoms with Crippen LogP contribution in [0.3, 0.4) is 0 Å². The molecule has 0 aliphatic carbocycles. The number of fused-ring (bicyclic) bond motifs is 1. The van der Waals surface area contributed by atoms with Gasteiger partial charge in [-0.3, -0.25) is 10.1 Å². The number of unbranched alkanes of at least 4 members (excludes halogenated alkanes) is 1. The molecule has 3 N–H and O–H groups in total. The number of nitrogens with two attached hydrogens (primary N) is 1. The van der Waals surface area contributed by atoms with Crippen LogP contribution in [-0.4, -0.2) is 22.6 Å². The highest BCUT2D eigenvalue weighted by Crippen LogP contribution is 2.42. The van der Waals surface area contributed by atoms with Crippen LogP contribution in [0.2, 0.25) is 0 Å². The lowest BCUT2D eigenvalue weighted by Crippen LogP contribution is -2.08. The van der Waals surface area contributed by atoms with Crippen molar-refractivity contribution < 1.29 is 24.0 Å². The van der Waals surface area contributed by atoms with Crippen molar-refractivity contribution in [2.45, 2.75) is 19.8 Å². The molecule has 0 amide bonds. The third-order valence-electron chi connectivity index (χ3n) is 4.16. The number of benzene rings is 2. The molecule has 0 atom stereocenters. The molecular weight excluding hydrogens is 352 g/mol. The zero-order chi connectivity index (χ0) is 19.6. The summed E-state index contributed by atoms with van der Waals surface area (Å²) in [6.45, 7) is 2.22. The monoisotopic (exact) mass is 370 g/mol. The molecule has 8 nitrogen and oxygen atoms in total. The molecule has 3 aromatic rings. The van der Waals surface area contributed by atoms with E-state index < -0.39 is 10.9 Å². The van der Waals surface area contributed by atoms with Gasteiger partial charge in [0, 0.05) is 23.1 Å². The van der Waals surface area contributed by atoms with E-state index in [-0.39, 0.29) is 29.5 Å². The first kappa shape index (κ1) is 18.2. The van der Waals surface area contributed by atoms with Gasteiger partial charge in [0.1, 0.15) is 16.9 Å². The molecule has 0 radical (unpaired) electrons. The van der Waals surface area contributed by atoms with E-state index in [1.165, 1.54) is 36.4 Å². The van der Waals surface area contributed by atoms with Crippen LogP contribution in [-0.2, 0) is 4.74 Å². The van der Waals surface area contributed by atoms with Gasteiger partial charge < -0.3 is 20.0 Å². The number of nitrogen functional groups attached to an aromatic ring is 1. The maximum atomic E-state index is 12.5. The van der Waals surface area contributed by atoms with E-state index in [1.54, 1.807) is 0 Å². The Hall–Kier alpha value is -3.55. The highest BCUT2D eigenvalue weighted by atomic mass is 16.6. The molecule has 8 heteroatoms. The lowest BCUT2D eigenvalue weighted by atomic mass is 9.97. The number of hydrogen-bond donors (Lipinski definition) is 2. The minimum absolute atomic E-state index is 0.0327. The van der Waals surface area contributed by atoms with Crippen molar-refractivity contribution in [2.75, 3.05) is 12.3 Å². The second-order valence-electron chi connectivity index (χ2n) is 5.97. The molecule has 2 aromatic carbocycles. The zero-order valence-corrected chi connectivity index (χ0v) is 14.6. The van der Waals surface area contributed by atoms with E-state index in [4.69, 9.17) is 14.9 Å². The molecular formula is C19H18N2O6. The predicted molar refractivity (Wildman–Crippen MR) is 99.6 cm³/mol. The summed E-state index contributed by atoms with van der Waals surface area (Å²) in [4.78, 5) is 22.9. The number of rotatable bonds is 6.